The Kier molecular flexibility index (Phi) is 4.58. The van der Waals surface area contributed by atoms with Crippen LogP contribution in [0.3, 0.4) is 0 Å². The van der Waals surface area contributed by atoms with Gasteiger partial charge in [0, 0.05) is 22.8 Å². The van der Waals surface area contributed by atoms with Gasteiger partial charge in [-0.1, -0.05) is 57.9 Å². The Morgan fingerprint density at radius 3 is 2.25 bits per heavy atom. The summed E-state index contributed by atoms with van der Waals surface area (Å²) >= 11 is 3.42. The Morgan fingerprint density at radius 2 is 1.67 bits per heavy atom. The number of aromatic nitrogens is 1. The molecule has 3 aromatic rings. The standard InChI is InChI=1S/C20H18BrNO2/c1-13-3-7-16(8-4-13)18-14(2)11-22(19(18)20(23)24)12-15-5-9-17(21)10-6-15/h3-11H,12H2,1-2H3,(H,23,24). The van der Waals surface area contributed by atoms with Crippen molar-refractivity contribution in [2.45, 2.75) is 20.4 Å². The maximum Gasteiger partial charge on any atom is 0.353 e. The number of nitrogens with zero attached hydrogens (tertiary/aromatic N) is 1. The molecular weight excluding hydrogens is 366 g/mol. The van der Waals surface area contributed by atoms with Crippen LogP contribution in [-0.4, -0.2) is 15.6 Å². The lowest BCUT2D eigenvalue weighted by Crippen LogP contribution is -2.10. The van der Waals surface area contributed by atoms with Crippen LogP contribution in [-0.2, 0) is 6.54 Å². The fourth-order valence-electron chi connectivity index (χ4n) is 2.92. The lowest BCUT2D eigenvalue weighted by molar-refractivity contribution is 0.0686. The Morgan fingerprint density at radius 1 is 1.04 bits per heavy atom. The molecule has 1 aromatic heterocycles. The number of aromatic carboxylic acids is 1. The molecule has 0 saturated heterocycles. The number of carboxylic acids is 1. The van der Waals surface area contributed by atoms with Crippen LogP contribution < -0.4 is 0 Å². The Labute approximate surface area is 149 Å². The maximum atomic E-state index is 11.9. The summed E-state index contributed by atoms with van der Waals surface area (Å²) in [5, 5.41) is 9.77. The van der Waals surface area contributed by atoms with Crippen LogP contribution in [0.25, 0.3) is 11.1 Å². The van der Waals surface area contributed by atoms with Crippen LogP contribution in [0.2, 0.25) is 0 Å². The molecule has 4 heteroatoms. The molecule has 1 N–H and O–H groups in total. The third-order valence-corrected chi connectivity index (χ3v) is 4.61. The van der Waals surface area contributed by atoms with Gasteiger partial charge in [0.05, 0.1) is 0 Å². The zero-order valence-corrected chi connectivity index (χ0v) is 15.2. The van der Waals surface area contributed by atoms with Crippen molar-refractivity contribution in [1.82, 2.24) is 4.57 Å². The third kappa shape index (κ3) is 3.29. The topological polar surface area (TPSA) is 42.2 Å². The van der Waals surface area contributed by atoms with Crippen LogP contribution in [0.5, 0.6) is 0 Å². The Hall–Kier alpha value is -2.33. The molecule has 0 aliphatic heterocycles. The number of halogens is 1. The van der Waals surface area contributed by atoms with Gasteiger partial charge in [-0.2, -0.15) is 0 Å². The van der Waals surface area contributed by atoms with Crippen molar-refractivity contribution < 1.29 is 9.90 Å². The highest BCUT2D eigenvalue weighted by Crippen LogP contribution is 2.30. The van der Waals surface area contributed by atoms with Crippen LogP contribution in [0.4, 0.5) is 0 Å². The van der Waals surface area contributed by atoms with Crippen molar-refractivity contribution in [3.8, 4) is 11.1 Å². The zero-order valence-electron chi connectivity index (χ0n) is 13.6. The number of hydrogen-bond donors (Lipinski definition) is 1. The number of rotatable bonds is 4. The molecule has 0 atom stereocenters. The maximum absolute atomic E-state index is 11.9. The van der Waals surface area contributed by atoms with E-state index in [2.05, 4.69) is 15.9 Å². The van der Waals surface area contributed by atoms with Gasteiger partial charge in [-0.3, -0.25) is 0 Å². The summed E-state index contributed by atoms with van der Waals surface area (Å²) in [6.45, 7) is 4.51. The average molecular weight is 384 g/mol. The number of aryl methyl sites for hydroxylation is 2. The smallest absolute Gasteiger partial charge is 0.353 e. The molecule has 0 fully saturated rings. The Bertz CT molecular complexity index is 877. The van der Waals surface area contributed by atoms with E-state index in [1.807, 2.05) is 73.1 Å². The van der Waals surface area contributed by atoms with E-state index in [0.29, 0.717) is 12.2 Å². The molecule has 0 radical (unpaired) electrons. The van der Waals surface area contributed by atoms with E-state index in [0.717, 1.165) is 32.3 Å². The van der Waals surface area contributed by atoms with E-state index < -0.39 is 5.97 Å². The van der Waals surface area contributed by atoms with E-state index in [-0.39, 0.29) is 0 Å². The molecule has 3 nitrogen and oxygen atoms in total. The van der Waals surface area contributed by atoms with Crippen LogP contribution in [0, 0.1) is 13.8 Å². The molecular formula is C20H18BrNO2. The molecule has 0 spiro atoms. The first-order chi connectivity index (χ1) is 11.5. The van der Waals surface area contributed by atoms with E-state index >= 15 is 0 Å². The van der Waals surface area contributed by atoms with Crippen molar-refractivity contribution in [2.75, 3.05) is 0 Å². The first-order valence-electron chi connectivity index (χ1n) is 7.70. The summed E-state index contributed by atoms with van der Waals surface area (Å²) in [4.78, 5) is 11.9. The molecule has 0 amide bonds. The first kappa shape index (κ1) is 16.5. The first-order valence-corrected chi connectivity index (χ1v) is 8.49. The molecule has 0 saturated carbocycles. The summed E-state index contributed by atoms with van der Waals surface area (Å²) in [6, 6.07) is 15.9. The summed E-state index contributed by atoms with van der Waals surface area (Å²) in [7, 11) is 0. The average Bonchev–Trinajstić information content (AvgIpc) is 2.87. The molecule has 0 aliphatic rings. The van der Waals surface area contributed by atoms with Gasteiger partial charge in [-0.25, -0.2) is 4.79 Å². The van der Waals surface area contributed by atoms with Crippen LogP contribution >= 0.6 is 15.9 Å². The molecule has 1 heterocycles. The molecule has 2 aromatic carbocycles. The second-order valence-electron chi connectivity index (χ2n) is 5.96. The lowest BCUT2D eigenvalue weighted by atomic mass is 10.0. The van der Waals surface area contributed by atoms with E-state index in [9.17, 15) is 9.90 Å². The highest BCUT2D eigenvalue weighted by molar-refractivity contribution is 9.10. The Balaban J connectivity index is 2.07. The van der Waals surface area contributed by atoms with Gasteiger partial charge in [0.1, 0.15) is 5.69 Å². The van der Waals surface area contributed by atoms with Crippen molar-refractivity contribution in [1.29, 1.82) is 0 Å². The molecule has 24 heavy (non-hydrogen) atoms. The minimum absolute atomic E-state index is 0.333. The van der Waals surface area contributed by atoms with Gasteiger partial charge in [0.25, 0.3) is 0 Å². The summed E-state index contributed by atoms with van der Waals surface area (Å²) < 4.78 is 2.82. The highest BCUT2D eigenvalue weighted by atomic mass is 79.9. The molecule has 0 unspecified atom stereocenters. The number of carboxylic acid groups (broad SMARTS) is 1. The van der Waals surface area contributed by atoms with E-state index in [4.69, 9.17) is 0 Å². The van der Waals surface area contributed by atoms with E-state index in [1.165, 1.54) is 0 Å². The van der Waals surface area contributed by atoms with Gasteiger partial charge in [-0.05, 0) is 42.7 Å². The lowest BCUT2D eigenvalue weighted by Gasteiger charge is -2.09. The second-order valence-corrected chi connectivity index (χ2v) is 6.88. The summed E-state index contributed by atoms with van der Waals surface area (Å²) in [5.74, 6) is -0.907. The van der Waals surface area contributed by atoms with E-state index in [1.54, 1.807) is 0 Å². The zero-order chi connectivity index (χ0) is 17.3. The fourth-order valence-corrected chi connectivity index (χ4v) is 3.18. The van der Waals surface area contributed by atoms with Gasteiger partial charge >= 0.3 is 5.97 Å². The third-order valence-electron chi connectivity index (χ3n) is 4.08. The fraction of sp³-hybridized carbons (Fsp3) is 0.150. The SMILES string of the molecule is Cc1ccc(-c2c(C)cn(Cc3ccc(Br)cc3)c2C(=O)O)cc1. The predicted octanol–water partition coefficient (Wildman–Crippen LogP) is 5.28. The highest BCUT2D eigenvalue weighted by Gasteiger charge is 2.20. The molecule has 122 valence electrons. The van der Waals surface area contributed by atoms with Crippen molar-refractivity contribution >= 4 is 21.9 Å². The predicted molar refractivity (Wildman–Crippen MR) is 99.5 cm³/mol. The molecule has 0 bridgehead atoms. The van der Waals surface area contributed by atoms with Gasteiger partial charge in [-0.15, -0.1) is 0 Å². The summed E-state index contributed by atoms with van der Waals surface area (Å²) in [5.41, 5.74) is 5.24. The van der Waals surface area contributed by atoms with Gasteiger partial charge in [0.2, 0.25) is 0 Å². The number of hydrogen-bond acceptors (Lipinski definition) is 1. The normalized spacial score (nSPS) is 10.8. The van der Waals surface area contributed by atoms with Crippen molar-refractivity contribution in [2.24, 2.45) is 0 Å². The van der Waals surface area contributed by atoms with Crippen molar-refractivity contribution in [3.05, 3.63) is 81.6 Å². The van der Waals surface area contributed by atoms with Gasteiger partial charge in [0.15, 0.2) is 0 Å². The number of benzene rings is 2. The summed E-state index contributed by atoms with van der Waals surface area (Å²) in [6.07, 6.45) is 1.92. The monoisotopic (exact) mass is 383 g/mol. The second kappa shape index (κ2) is 6.65. The number of carbonyl (C=O) groups is 1. The van der Waals surface area contributed by atoms with Crippen molar-refractivity contribution in [3.63, 3.8) is 0 Å². The van der Waals surface area contributed by atoms with Gasteiger partial charge < -0.3 is 9.67 Å². The largest absolute Gasteiger partial charge is 0.477 e. The molecule has 0 aliphatic carbocycles. The van der Waals surface area contributed by atoms with Crippen LogP contribution in [0.15, 0.2) is 59.2 Å². The minimum atomic E-state index is -0.907. The minimum Gasteiger partial charge on any atom is -0.477 e. The quantitative estimate of drug-likeness (QED) is 0.665. The van der Waals surface area contributed by atoms with Crippen LogP contribution in [0.1, 0.15) is 27.2 Å². The molecule has 3 rings (SSSR count).